The number of rotatable bonds is 4. The van der Waals surface area contributed by atoms with Crippen molar-refractivity contribution in [3.8, 4) is 11.4 Å². The van der Waals surface area contributed by atoms with Crippen molar-refractivity contribution >= 4 is 5.69 Å². The summed E-state index contributed by atoms with van der Waals surface area (Å²) in [5, 5.41) is 8.93. The molecule has 4 nitrogen and oxygen atoms in total. The number of hydrogen-bond acceptors (Lipinski definition) is 3. The first kappa shape index (κ1) is 12.6. The Hall–Kier alpha value is -1.81. The van der Waals surface area contributed by atoms with Crippen LogP contribution in [0, 0.1) is 0 Å². The molecule has 0 saturated heterocycles. The first-order valence-corrected chi connectivity index (χ1v) is 6.02. The smallest absolute Gasteiger partial charge is 0.139 e. The normalized spacial score (nSPS) is 10.7. The lowest BCUT2D eigenvalue weighted by molar-refractivity contribution is 0.298. The van der Waals surface area contributed by atoms with E-state index < -0.39 is 0 Å². The lowest BCUT2D eigenvalue weighted by atomic mass is 10.2. The quantitative estimate of drug-likeness (QED) is 0.891. The number of aromatic nitrogens is 2. The molecule has 0 aliphatic carbocycles. The topological polar surface area (TPSA) is 41.3 Å². The van der Waals surface area contributed by atoms with Crippen LogP contribution in [0.3, 0.4) is 0 Å². The molecular weight excluding hydrogens is 226 g/mol. The minimum Gasteiger partial charge on any atom is -0.396 e. The molecule has 0 fully saturated rings. The van der Waals surface area contributed by atoms with E-state index in [2.05, 4.69) is 34.1 Å². The lowest BCUT2D eigenvalue weighted by Crippen LogP contribution is -2.08. The van der Waals surface area contributed by atoms with Crippen molar-refractivity contribution in [2.24, 2.45) is 7.05 Å². The zero-order chi connectivity index (χ0) is 13.1. The summed E-state index contributed by atoms with van der Waals surface area (Å²) in [7, 11) is 6.02. The molecule has 0 bridgehead atoms. The number of benzene rings is 1. The first-order valence-electron chi connectivity index (χ1n) is 6.02. The van der Waals surface area contributed by atoms with Crippen molar-refractivity contribution in [3.63, 3.8) is 0 Å². The summed E-state index contributed by atoms with van der Waals surface area (Å²) in [6.07, 6.45) is 2.56. The Morgan fingerprint density at radius 1 is 1.22 bits per heavy atom. The van der Waals surface area contributed by atoms with E-state index in [4.69, 9.17) is 5.11 Å². The number of aryl methyl sites for hydroxylation is 1. The molecule has 0 unspecified atom stereocenters. The third-order valence-corrected chi connectivity index (χ3v) is 2.94. The maximum absolute atomic E-state index is 8.93. The van der Waals surface area contributed by atoms with E-state index in [-0.39, 0.29) is 6.61 Å². The van der Waals surface area contributed by atoms with E-state index in [1.807, 2.05) is 31.9 Å². The Morgan fingerprint density at radius 3 is 2.44 bits per heavy atom. The molecule has 4 heteroatoms. The molecule has 0 saturated carbocycles. The van der Waals surface area contributed by atoms with Gasteiger partial charge in [-0.25, -0.2) is 4.98 Å². The van der Waals surface area contributed by atoms with Crippen LogP contribution in [0.4, 0.5) is 5.69 Å². The number of anilines is 1. The van der Waals surface area contributed by atoms with E-state index in [1.165, 1.54) is 5.69 Å². The standard InChI is InChI=1S/C14H19N3O/c1-16(2)13-6-4-11(5-7-13)14-15-12(8-9-18)10-17(14)3/h4-7,10,18H,8-9H2,1-3H3. The van der Waals surface area contributed by atoms with Crippen LogP contribution >= 0.6 is 0 Å². The highest BCUT2D eigenvalue weighted by Crippen LogP contribution is 2.21. The summed E-state index contributed by atoms with van der Waals surface area (Å²) < 4.78 is 2.00. The minimum atomic E-state index is 0.135. The predicted octanol–water partition coefficient (Wildman–Crippen LogP) is 1.69. The molecule has 96 valence electrons. The SMILES string of the molecule is CN(C)c1ccc(-c2nc(CCO)cn2C)cc1. The van der Waals surface area contributed by atoms with Gasteiger partial charge >= 0.3 is 0 Å². The van der Waals surface area contributed by atoms with Gasteiger partial charge in [-0.05, 0) is 24.3 Å². The van der Waals surface area contributed by atoms with Gasteiger partial charge in [0.1, 0.15) is 5.82 Å². The number of aliphatic hydroxyl groups is 1. The predicted molar refractivity (Wildman–Crippen MR) is 73.8 cm³/mol. The van der Waals surface area contributed by atoms with Crippen molar-refractivity contribution in [2.45, 2.75) is 6.42 Å². The monoisotopic (exact) mass is 245 g/mol. The van der Waals surface area contributed by atoms with Gasteiger partial charge in [-0.3, -0.25) is 0 Å². The largest absolute Gasteiger partial charge is 0.396 e. The van der Waals surface area contributed by atoms with Crippen LogP contribution in [-0.2, 0) is 13.5 Å². The third kappa shape index (κ3) is 2.54. The molecule has 2 aromatic rings. The van der Waals surface area contributed by atoms with E-state index in [0.717, 1.165) is 17.1 Å². The second-order valence-electron chi connectivity index (χ2n) is 4.58. The highest BCUT2D eigenvalue weighted by Gasteiger charge is 2.07. The molecule has 1 heterocycles. The Bertz CT molecular complexity index is 514. The van der Waals surface area contributed by atoms with Crippen LogP contribution in [0.5, 0.6) is 0 Å². The van der Waals surface area contributed by atoms with Crippen molar-refractivity contribution in [3.05, 3.63) is 36.2 Å². The second-order valence-corrected chi connectivity index (χ2v) is 4.58. The zero-order valence-corrected chi connectivity index (χ0v) is 11.1. The van der Waals surface area contributed by atoms with Gasteiger partial charge in [0.15, 0.2) is 0 Å². The van der Waals surface area contributed by atoms with E-state index in [0.29, 0.717) is 6.42 Å². The Morgan fingerprint density at radius 2 is 1.89 bits per heavy atom. The second kappa shape index (κ2) is 5.23. The average Bonchev–Trinajstić information content (AvgIpc) is 2.71. The fraction of sp³-hybridized carbons (Fsp3) is 0.357. The molecule has 2 rings (SSSR count). The third-order valence-electron chi connectivity index (χ3n) is 2.94. The Labute approximate surface area is 108 Å². The zero-order valence-electron chi connectivity index (χ0n) is 11.1. The van der Waals surface area contributed by atoms with E-state index >= 15 is 0 Å². The lowest BCUT2D eigenvalue weighted by Gasteiger charge is -2.12. The molecule has 18 heavy (non-hydrogen) atoms. The van der Waals surface area contributed by atoms with Gasteiger partial charge in [0.25, 0.3) is 0 Å². The van der Waals surface area contributed by atoms with Crippen LogP contribution in [0.25, 0.3) is 11.4 Å². The summed E-state index contributed by atoms with van der Waals surface area (Å²) in [6.45, 7) is 0.135. The maximum atomic E-state index is 8.93. The van der Waals surface area contributed by atoms with Gasteiger partial charge < -0.3 is 14.6 Å². The van der Waals surface area contributed by atoms with Crippen molar-refractivity contribution in [2.75, 3.05) is 25.6 Å². The maximum Gasteiger partial charge on any atom is 0.139 e. The molecule has 0 amide bonds. The van der Waals surface area contributed by atoms with Crippen molar-refractivity contribution in [1.29, 1.82) is 0 Å². The van der Waals surface area contributed by atoms with E-state index in [9.17, 15) is 0 Å². The number of hydrogen-bond donors (Lipinski definition) is 1. The average molecular weight is 245 g/mol. The van der Waals surface area contributed by atoms with Gasteiger partial charge in [-0.2, -0.15) is 0 Å². The fourth-order valence-corrected chi connectivity index (χ4v) is 1.94. The van der Waals surface area contributed by atoms with Gasteiger partial charge in [-0.1, -0.05) is 0 Å². The molecule has 0 aliphatic heterocycles. The molecule has 0 radical (unpaired) electrons. The van der Waals surface area contributed by atoms with Crippen LogP contribution in [-0.4, -0.2) is 35.4 Å². The molecule has 1 aromatic carbocycles. The minimum absolute atomic E-state index is 0.135. The number of aliphatic hydroxyl groups excluding tert-OH is 1. The van der Waals surface area contributed by atoms with Gasteiger partial charge in [0, 0.05) is 51.6 Å². The Balaban J connectivity index is 2.30. The molecule has 0 aliphatic rings. The summed E-state index contributed by atoms with van der Waals surface area (Å²) >= 11 is 0. The summed E-state index contributed by atoms with van der Waals surface area (Å²) in [5.74, 6) is 0.934. The highest BCUT2D eigenvalue weighted by atomic mass is 16.3. The van der Waals surface area contributed by atoms with Crippen molar-refractivity contribution in [1.82, 2.24) is 9.55 Å². The first-order chi connectivity index (χ1) is 8.61. The summed E-state index contributed by atoms with van der Waals surface area (Å²) in [6, 6.07) is 8.30. The molecule has 1 N–H and O–H groups in total. The molecule has 0 atom stereocenters. The van der Waals surface area contributed by atoms with Gasteiger partial charge in [0.2, 0.25) is 0 Å². The van der Waals surface area contributed by atoms with Crippen LogP contribution in [0.1, 0.15) is 5.69 Å². The number of imidazole rings is 1. The molecular formula is C14H19N3O. The van der Waals surface area contributed by atoms with Crippen LogP contribution in [0.15, 0.2) is 30.5 Å². The van der Waals surface area contributed by atoms with Gasteiger partial charge in [-0.15, -0.1) is 0 Å². The van der Waals surface area contributed by atoms with Crippen molar-refractivity contribution < 1.29 is 5.11 Å². The Kier molecular flexibility index (Phi) is 3.67. The molecule has 0 spiro atoms. The summed E-state index contributed by atoms with van der Waals surface area (Å²) in [4.78, 5) is 6.60. The fourth-order valence-electron chi connectivity index (χ4n) is 1.94. The summed E-state index contributed by atoms with van der Waals surface area (Å²) in [5.41, 5.74) is 3.18. The molecule has 1 aromatic heterocycles. The number of nitrogens with zero attached hydrogens (tertiary/aromatic N) is 3. The van der Waals surface area contributed by atoms with Gasteiger partial charge in [0.05, 0.1) is 5.69 Å². The van der Waals surface area contributed by atoms with E-state index in [1.54, 1.807) is 0 Å². The highest BCUT2D eigenvalue weighted by molar-refractivity contribution is 5.60. The van der Waals surface area contributed by atoms with Crippen LogP contribution in [0.2, 0.25) is 0 Å². The van der Waals surface area contributed by atoms with Crippen LogP contribution < -0.4 is 4.90 Å².